The van der Waals surface area contributed by atoms with Crippen LogP contribution in [0.3, 0.4) is 0 Å². The SMILES string of the molecule is CCCCCCCCC/C=C/CCCCCC1(N(C(N)=O)C2(C(CNC(=O)C3OC(C)(C)OCC3(C)C)C(=O)O)CCCCC2)CCC1. The highest BCUT2D eigenvalue weighted by Crippen LogP contribution is 2.51. The molecule has 2 unspecified atom stereocenters. The highest BCUT2D eigenvalue weighted by atomic mass is 16.7. The predicted octanol–water partition coefficient (Wildman–Crippen LogP) is 8.63. The zero-order chi connectivity index (χ0) is 35.3. The molecule has 0 aromatic rings. The van der Waals surface area contributed by atoms with Crippen molar-refractivity contribution in [2.75, 3.05) is 13.2 Å². The van der Waals surface area contributed by atoms with Crippen LogP contribution in [0.25, 0.3) is 0 Å². The first kappa shape index (κ1) is 40.3. The van der Waals surface area contributed by atoms with E-state index in [4.69, 9.17) is 15.2 Å². The summed E-state index contributed by atoms with van der Waals surface area (Å²) in [6.45, 7) is 9.88. The molecule has 0 spiro atoms. The van der Waals surface area contributed by atoms with Crippen molar-refractivity contribution in [3.63, 3.8) is 0 Å². The molecule has 3 amide bonds. The van der Waals surface area contributed by atoms with Crippen LogP contribution in [0.2, 0.25) is 0 Å². The Balaban J connectivity index is 1.63. The number of carbonyl (C=O) groups is 3. The molecule has 0 aromatic heterocycles. The fraction of sp³-hybridized carbons (Fsp3) is 0.872. The van der Waals surface area contributed by atoms with Gasteiger partial charge in [0.15, 0.2) is 5.79 Å². The Labute approximate surface area is 291 Å². The number of hydrogen-bond acceptors (Lipinski definition) is 5. The van der Waals surface area contributed by atoms with Gasteiger partial charge in [-0.1, -0.05) is 104 Å². The molecule has 3 aliphatic rings. The van der Waals surface area contributed by atoms with Crippen LogP contribution in [0.15, 0.2) is 12.2 Å². The van der Waals surface area contributed by atoms with Gasteiger partial charge in [0.1, 0.15) is 6.10 Å². The third-order valence-electron chi connectivity index (χ3n) is 11.4. The summed E-state index contributed by atoms with van der Waals surface area (Å²) in [7, 11) is 0. The molecular formula is C39H69N3O6. The lowest BCUT2D eigenvalue weighted by atomic mass is 9.64. The minimum atomic E-state index is -1.01. The van der Waals surface area contributed by atoms with Crippen LogP contribution in [0.5, 0.6) is 0 Å². The molecule has 9 heteroatoms. The van der Waals surface area contributed by atoms with E-state index in [0.29, 0.717) is 19.4 Å². The summed E-state index contributed by atoms with van der Waals surface area (Å²) < 4.78 is 11.8. The summed E-state index contributed by atoms with van der Waals surface area (Å²) in [5.41, 5.74) is 4.28. The lowest BCUT2D eigenvalue weighted by Gasteiger charge is -2.60. The quantitative estimate of drug-likeness (QED) is 0.0825. The van der Waals surface area contributed by atoms with E-state index in [1.54, 1.807) is 13.8 Å². The topological polar surface area (TPSA) is 131 Å². The van der Waals surface area contributed by atoms with Crippen LogP contribution in [-0.2, 0) is 19.1 Å². The number of urea groups is 1. The van der Waals surface area contributed by atoms with E-state index in [1.807, 2.05) is 18.7 Å². The van der Waals surface area contributed by atoms with Crippen molar-refractivity contribution >= 4 is 17.9 Å². The second kappa shape index (κ2) is 18.7. The van der Waals surface area contributed by atoms with E-state index < -0.39 is 46.3 Å². The molecule has 2 saturated carbocycles. The van der Waals surface area contributed by atoms with Gasteiger partial charge < -0.3 is 30.5 Å². The predicted molar refractivity (Wildman–Crippen MR) is 191 cm³/mol. The van der Waals surface area contributed by atoms with Gasteiger partial charge in [0.05, 0.1) is 18.1 Å². The summed E-state index contributed by atoms with van der Waals surface area (Å²) in [4.78, 5) is 42.0. The summed E-state index contributed by atoms with van der Waals surface area (Å²) in [5.74, 6) is -3.26. The zero-order valence-corrected chi connectivity index (χ0v) is 31.1. The average molecular weight is 676 g/mol. The van der Waals surface area contributed by atoms with E-state index in [1.165, 1.54) is 44.9 Å². The van der Waals surface area contributed by atoms with E-state index >= 15 is 0 Å². The Morgan fingerprint density at radius 3 is 1.98 bits per heavy atom. The maximum absolute atomic E-state index is 13.5. The highest BCUT2D eigenvalue weighted by Gasteiger charge is 2.58. The molecule has 3 fully saturated rings. The molecular weight excluding hydrogens is 606 g/mol. The zero-order valence-electron chi connectivity index (χ0n) is 31.1. The van der Waals surface area contributed by atoms with Gasteiger partial charge in [0, 0.05) is 17.5 Å². The van der Waals surface area contributed by atoms with Crippen molar-refractivity contribution in [2.24, 2.45) is 17.1 Å². The normalized spacial score (nSPS) is 23.2. The monoisotopic (exact) mass is 676 g/mol. The third kappa shape index (κ3) is 10.9. The third-order valence-corrected chi connectivity index (χ3v) is 11.4. The molecule has 2 atom stereocenters. The van der Waals surface area contributed by atoms with Crippen LogP contribution >= 0.6 is 0 Å². The fourth-order valence-electron chi connectivity index (χ4n) is 8.46. The molecule has 1 aliphatic heterocycles. The van der Waals surface area contributed by atoms with E-state index in [9.17, 15) is 19.5 Å². The molecule has 2 aliphatic carbocycles. The fourth-order valence-corrected chi connectivity index (χ4v) is 8.46. The van der Waals surface area contributed by atoms with Crippen LogP contribution in [-0.4, -0.2) is 64.0 Å². The van der Waals surface area contributed by atoms with Crippen LogP contribution in [0.1, 0.15) is 169 Å². The molecule has 0 bridgehead atoms. The largest absolute Gasteiger partial charge is 0.481 e. The molecule has 1 heterocycles. The second-order valence-electron chi connectivity index (χ2n) is 16.2. The maximum atomic E-state index is 13.5. The number of allylic oxidation sites excluding steroid dienone is 2. The molecule has 48 heavy (non-hydrogen) atoms. The lowest BCUT2D eigenvalue weighted by Crippen LogP contribution is -2.71. The number of primary amides is 1. The number of carboxylic acid groups (broad SMARTS) is 1. The van der Waals surface area contributed by atoms with Gasteiger partial charge >= 0.3 is 12.0 Å². The van der Waals surface area contributed by atoms with Gasteiger partial charge in [-0.15, -0.1) is 0 Å². The van der Waals surface area contributed by atoms with E-state index in [0.717, 1.165) is 77.0 Å². The molecule has 3 rings (SSSR count). The Hall–Kier alpha value is -2.13. The number of nitrogens with zero attached hydrogens (tertiary/aromatic N) is 1. The van der Waals surface area contributed by atoms with Crippen molar-refractivity contribution in [3.8, 4) is 0 Å². The number of hydrogen-bond donors (Lipinski definition) is 3. The van der Waals surface area contributed by atoms with Crippen molar-refractivity contribution in [2.45, 2.75) is 192 Å². The number of nitrogens with two attached hydrogens (primary N) is 1. The molecule has 4 N–H and O–H groups in total. The van der Waals surface area contributed by atoms with E-state index in [-0.39, 0.29) is 12.5 Å². The first-order chi connectivity index (χ1) is 22.8. The van der Waals surface area contributed by atoms with E-state index in [2.05, 4.69) is 24.4 Å². The Bertz CT molecular complexity index is 1050. The number of ether oxygens (including phenoxy) is 2. The standard InChI is InChI=1S/C39H69N3O6/c1-6-7-8-9-10-11-12-13-14-15-16-17-18-20-24-38(25-23-26-38)42(35(40)46)39(27-21-19-22-28-39)31(34(44)45)29-41-33(43)32-36(2,3)30-47-37(4,5)48-32/h14-15,31-32H,6-13,16-30H2,1-5H3,(H2,40,46)(H,41,43)(H,44,45)/b15-14+. The first-order valence-electron chi connectivity index (χ1n) is 19.4. The number of rotatable bonds is 21. The number of amides is 3. The molecule has 1 saturated heterocycles. The van der Waals surface area contributed by atoms with Crippen LogP contribution in [0, 0.1) is 11.3 Å². The van der Waals surface area contributed by atoms with Crippen LogP contribution < -0.4 is 11.1 Å². The summed E-state index contributed by atoms with van der Waals surface area (Å²) >= 11 is 0. The molecule has 276 valence electrons. The van der Waals surface area contributed by atoms with Gasteiger partial charge in [-0.25, -0.2) is 4.79 Å². The number of aliphatic carboxylic acids is 1. The summed E-state index contributed by atoms with van der Waals surface area (Å²) in [6, 6.07) is -0.530. The molecule has 0 radical (unpaired) electrons. The van der Waals surface area contributed by atoms with Gasteiger partial charge in [-0.05, 0) is 78.1 Å². The minimum Gasteiger partial charge on any atom is -0.481 e. The van der Waals surface area contributed by atoms with Crippen molar-refractivity contribution < 1.29 is 29.0 Å². The number of carboxylic acids is 1. The van der Waals surface area contributed by atoms with Gasteiger partial charge in [-0.2, -0.15) is 0 Å². The van der Waals surface area contributed by atoms with Gasteiger partial charge in [0.2, 0.25) is 5.91 Å². The number of unbranched alkanes of at least 4 members (excludes halogenated alkanes) is 10. The lowest BCUT2D eigenvalue weighted by molar-refractivity contribution is -0.304. The minimum absolute atomic E-state index is 0.0869. The summed E-state index contributed by atoms with van der Waals surface area (Å²) in [6.07, 6.45) is 25.9. The smallest absolute Gasteiger partial charge is 0.315 e. The second-order valence-corrected chi connectivity index (χ2v) is 16.2. The van der Waals surface area contributed by atoms with Crippen molar-refractivity contribution in [1.82, 2.24) is 10.2 Å². The molecule has 9 nitrogen and oxygen atoms in total. The van der Waals surface area contributed by atoms with Crippen LogP contribution in [0.4, 0.5) is 4.79 Å². The Morgan fingerprint density at radius 2 is 1.44 bits per heavy atom. The van der Waals surface area contributed by atoms with Gasteiger partial charge in [0.25, 0.3) is 0 Å². The highest BCUT2D eigenvalue weighted by molar-refractivity contribution is 5.83. The van der Waals surface area contributed by atoms with Crippen molar-refractivity contribution in [3.05, 3.63) is 12.2 Å². The number of carbonyl (C=O) groups excluding carboxylic acids is 2. The summed E-state index contributed by atoms with van der Waals surface area (Å²) in [5, 5.41) is 13.7. The Kier molecular flexibility index (Phi) is 15.7. The maximum Gasteiger partial charge on any atom is 0.315 e. The average Bonchev–Trinajstić information content (AvgIpc) is 3.01. The molecule has 0 aromatic carbocycles. The van der Waals surface area contributed by atoms with Gasteiger partial charge in [-0.3, -0.25) is 9.59 Å². The number of nitrogens with one attached hydrogen (secondary N) is 1. The van der Waals surface area contributed by atoms with Crippen molar-refractivity contribution in [1.29, 1.82) is 0 Å². The first-order valence-corrected chi connectivity index (χ1v) is 19.4. The Morgan fingerprint density at radius 1 is 0.854 bits per heavy atom.